The van der Waals surface area contributed by atoms with Crippen molar-refractivity contribution in [3.63, 3.8) is 0 Å². The number of nitrogens with two attached hydrogens (primary N) is 1. The number of rotatable bonds is 6. The molecule has 0 unspecified atom stereocenters. The number of hydrogen-bond donors (Lipinski definition) is 3. The van der Waals surface area contributed by atoms with E-state index in [-0.39, 0.29) is 19.0 Å². The van der Waals surface area contributed by atoms with Crippen LogP contribution in [0.4, 0.5) is 14.5 Å². The number of halogens is 3. The van der Waals surface area contributed by atoms with Crippen LogP contribution in [0.1, 0.15) is 5.56 Å². The van der Waals surface area contributed by atoms with Crippen LogP contribution in [0.25, 0.3) is 0 Å². The van der Waals surface area contributed by atoms with Crippen molar-refractivity contribution in [2.75, 3.05) is 24.6 Å². The number of aliphatic hydroxyl groups is 1. The normalized spacial score (nSPS) is 10.7. The standard InChI is InChI=1S/C11H14BrF2N3O/c12-8-5-7(11(15)16)1-2-9(8)17(3-4-18)6-10(13)14/h1-2,5,10,18H,3-4,6H2,(H3,15,16). The third-order valence-corrected chi connectivity index (χ3v) is 2.96. The summed E-state index contributed by atoms with van der Waals surface area (Å²) >= 11 is 3.26. The smallest absolute Gasteiger partial charge is 0.255 e. The molecule has 100 valence electrons. The Bertz CT molecular complexity index is 429. The molecule has 0 saturated heterocycles. The number of nitrogens with one attached hydrogen (secondary N) is 1. The Balaban J connectivity index is 3.01. The highest BCUT2D eigenvalue weighted by atomic mass is 79.9. The minimum Gasteiger partial charge on any atom is -0.395 e. The Hall–Kier alpha value is -1.21. The fraction of sp³-hybridized carbons (Fsp3) is 0.364. The molecule has 0 amide bonds. The second-order valence-electron chi connectivity index (χ2n) is 3.64. The van der Waals surface area contributed by atoms with Crippen molar-refractivity contribution in [3.05, 3.63) is 28.2 Å². The molecule has 0 bridgehead atoms. The van der Waals surface area contributed by atoms with Gasteiger partial charge in [0.2, 0.25) is 0 Å². The summed E-state index contributed by atoms with van der Waals surface area (Å²) in [6.45, 7) is -0.561. The fourth-order valence-corrected chi connectivity index (χ4v) is 2.16. The Labute approximate surface area is 112 Å². The van der Waals surface area contributed by atoms with E-state index >= 15 is 0 Å². The lowest BCUT2D eigenvalue weighted by Gasteiger charge is -2.25. The number of alkyl halides is 2. The van der Waals surface area contributed by atoms with Crippen LogP contribution in [0.15, 0.2) is 22.7 Å². The van der Waals surface area contributed by atoms with Crippen molar-refractivity contribution in [1.29, 1.82) is 5.41 Å². The van der Waals surface area contributed by atoms with E-state index in [0.717, 1.165) is 0 Å². The second-order valence-corrected chi connectivity index (χ2v) is 4.49. The van der Waals surface area contributed by atoms with Gasteiger partial charge in [0.15, 0.2) is 0 Å². The van der Waals surface area contributed by atoms with E-state index in [0.29, 0.717) is 15.7 Å². The highest BCUT2D eigenvalue weighted by Crippen LogP contribution is 2.27. The molecule has 0 spiro atoms. The summed E-state index contributed by atoms with van der Waals surface area (Å²) in [5.74, 6) is -0.0928. The third kappa shape index (κ3) is 3.92. The van der Waals surface area contributed by atoms with Gasteiger partial charge in [-0.3, -0.25) is 5.41 Å². The van der Waals surface area contributed by atoms with Crippen molar-refractivity contribution >= 4 is 27.5 Å². The minimum atomic E-state index is -2.49. The SMILES string of the molecule is N=C(N)c1ccc(N(CCO)CC(F)F)c(Br)c1. The Morgan fingerprint density at radius 1 is 1.50 bits per heavy atom. The summed E-state index contributed by atoms with van der Waals surface area (Å²) in [5.41, 5.74) is 6.38. The molecule has 18 heavy (non-hydrogen) atoms. The molecular formula is C11H14BrF2N3O. The van der Waals surface area contributed by atoms with Crippen LogP contribution in [-0.4, -0.2) is 37.1 Å². The van der Waals surface area contributed by atoms with Crippen molar-refractivity contribution in [2.24, 2.45) is 5.73 Å². The fourth-order valence-electron chi connectivity index (χ4n) is 1.53. The third-order valence-electron chi connectivity index (χ3n) is 2.33. The van der Waals surface area contributed by atoms with Crippen LogP contribution in [0.5, 0.6) is 0 Å². The topological polar surface area (TPSA) is 73.3 Å². The molecule has 0 heterocycles. The molecule has 0 atom stereocenters. The van der Waals surface area contributed by atoms with Crippen LogP contribution >= 0.6 is 15.9 Å². The number of aliphatic hydroxyl groups excluding tert-OH is 1. The quantitative estimate of drug-likeness (QED) is 0.552. The minimum absolute atomic E-state index is 0.0928. The summed E-state index contributed by atoms with van der Waals surface area (Å²) in [6, 6.07) is 4.77. The maximum Gasteiger partial charge on any atom is 0.255 e. The molecular weight excluding hydrogens is 308 g/mol. The first-order valence-electron chi connectivity index (χ1n) is 5.23. The summed E-state index contributed by atoms with van der Waals surface area (Å²) in [5, 5.41) is 16.2. The zero-order valence-electron chi connectivity index (χ0n) is 9.54. The predicted molar refractivity (Wildman–Crippen MR) is 70.5 cm³/mol. The van der Waals surface area contributed by atoms with Crippen molar-refractivity contribution < 1.29 is 13.9 Å². The monoisotopic (exact) mass is 321 g/mol. The number of amidine groups is 1. The second kappa shape index (κ2) is 6.65. The summed E-state index contributed by atoms with van der Waals surface area (Å²) in [6.07, 6.45) is -2.49. The lowest BCUT2D eigenvalue weighted by molar-refractivity contribution is 0.152. The molecule has 0 aliphatic heterocycles. The van der Waals surface area contributed by atoms with Crippen LogP contribution < -0.4 is 10.6 Å². The van der Waals surface area contributed by atoms with Crippen molar-refractivity contribution in [1.82, 2.24) is 0 Å². The van der Waals surface area contributed by atoms with E-state index < -0.39 is 13.0 Å². The molecule has 1 aromatic rings. The zero-order chi connectivity index (χ0) is 13.7. The van der Waals surface area contributed by atoms with Crippen LogP contribution in [-0.2, 0) is 0 Å². The number of nitrogens with zero attached hydrogens (tertiary/aromatic N) is 1. The molecule has 0 saturated carbocycles. The van der Waals surface area contributed by atoms with Crippen LogP contribution in [0.2, 0.25) is 0 Å². The van der Waals surface area contributed by atoms with E-state index in [1.807, 2.05) is 0 Å². The molecule has 0 aliphatic rings. The number of hydrogen-bond acceptors (Lipinski definition) is 3. The number of anilines is 1. The first-order valence-corrected chi connectivity index (χ1v) is 6.03. The average Bonchev–Trinajstić information content (AvgIpc) is 2.27. The van der Waals surface area contributed by atoms with Gasteiger partial charge >= 0.3 is 0 Å². The highest BCUT2D eigenvalue weighted by molar-refractivity contribution is 9.10. The van der Waals surface area contributed by atoms with E-state index in [2.05, 4.69) is 15.9 Å². The van der Waals surface area contributed by atoms with Gasteiger partial charge in [-0.15, -0.1) is 0 Å². The predicted octanol–water partition coefficient (Wildman–Crippen LogP) is 1.80. The molecule has 4 nitrogen and oxygen atoms in total. The van der Waals surface area contributed by atoms with E-state index in [1.165, 1.54) is 4.90 Å². The van der Waals surface area contributed by atoms with Gasteiger partial charge < -0.3 is 15.7 Å². The van der Waals surface area contributed by atoms with Gasteiger partial charge in [-0.1, -0.05) is 0 Å². The maximum absolute atomic E-state index is 12.4. The number of nitrogen functional groups attached to an aromatic ring is 1. The van der Waals surface area contributed by atoms with Gasteiger partial charge in [0, 0.05) is 16.6 Å². The maximum atomic E-state index is 12.4. The largest absolute Gasteiger partial charge is 0.395 e. The zero-order valence-corrected chi connectivity index (χ0v) is 11.1. The van der Waals surface area contributed by atoms with Crippen LogP contribution in [0, 0.1) is 5.41 Å². The lowest BCUT2D eigenvalue weighted by Crippen LogP contribution is -2.31. The van der Waals surface area contributed by atoms with Gasteiger partial charge in [-0.2, -0.15) is 0 Å². The number of benzene rings is 1. The first kappa shape index (κ1) is 14.8. The van der Waals surface area contributed by atoms with E-state index in [9.17, 15) is 8.78 Å². The molecule has 1 aromatic carbocycles. The van der Waals surface area contributed by atoms with Gasteiger partial charge in [-0.05, 0) is 34.1 Å². The van der Waals surface area contributed by atoms with Gasteiger partial charge in [0.25, 0.3) is 6.43 Å². The lowest BCUT2D eigenvalue weighted by atomic mass is 10.2. The van der Waals surface area contributed by atoms with E-state index in [4.69, 9.17) is 16.2 Å². The molecule has 0 fully saturated rings. The first-order chi connectivity index (χ1) is 8.45. The molecule has 1 rings (SSSR count). The Kier molecular flexibility index (Phi) is 5.49. The summed E-state index contributed by atoms with van der Waals surface area (Å²) in [4.78, 5) is 1.37. The molecule has 0 radical (unpaired) electrons. The van der Waals surface area contributed by atoms with Gasteiger partial charge in [0.1, 0.15) is 5.84 Å². The highest BCUT2D eigenvalue weighted by Gasteiger charge is 2.15. The van der Waals surface area contributed by atoms with Gasteiger partial charge in [-0.25, -0.2) is 8.78 Å². The van der Waals surface area contributed by atoms with Crippen molar-refractivity contribution in [3.8, 4) is 0 Å². The molecule has 0 aliphatic carbocycles. The summed E-state index contributed by atoms with van der Waals surface area (Å²) < 4.78 is 25.4. The average molecular weight is 322 g/mol. The van der Waals surface area contributed by atoms with Crippen molar-refractivity contribution in [2.45, 2.75) is 6.43 Å². The Morgan fingerprint density at radius 3 is 2.61 bits per heavy atom. The van der Waals surface area contributed by atoms with Gasteiger partial charge in [0.05, 0.1) is 18.8 Å². The molecule has 0 aromatic heterocycles. The molecule has 7 heteroatoms. The molecule has 4 N–H and O–H groups in total. The summed E-state index contributed by atoms with van der Waals surface area (Å²) in [7, 11) is 0. The van der Waals surface area contributed by atoms with E-state index in [1.54, 1.807) is 18.2 Å². The van der Waals surface area contributed by atoms with Crippen LogP contribution in [0.3, 0.4) is 0 Å². The Morgan fingerprint density at radius 2 is 2.17 bits per heavy atom.